The van der Waals surface area contributed by atoms with Gasteiger partial charge in [0, 0.05) is 59.8 Å². The summed E-state index contributed by atoms with van der Waals surface area (Å²) >= 11 is 0. The average molecular weight is 711 g/mol. The Labute approximate surface area is 320 Å². The van der Waals surface area contributed by atoms with E-state index in [1.165, 1.54) is 87.3 Å². The van der Waals surface area contributed by atoms with E-state index in [9.17, 15) is 0 Å². The highest BCUT2D eigenvalue weighted by molar-refractivity contribution is 6.26. The van der Waals surface area contributed by atoms with E-state index in [-0.39, 0.29) is 0 Å². The van der Waals surface area contributed by atoms with Gasteiger partial charge in [0.1, 0.15) is 0 Å². The summed E-state index contributed by atoms with van der Waals surface area (Å²) in [6.45, 7) is 0. The highest BCUT2D eigenvalue weighted by Crippen LogP contribution is 2.44. The summed E-state index contributed by atoms with van der Waals surface area (Å²) in [7, 11) is 0. The van der Waals surface area contributed by atoms with Gasteiger partial charge < -0.3 is 8.80 Å². The molecule has 8 aromatic carbocycles. The van der Waals surface area contributed by atoms with Crippen LogP contribution in [0.2, 0.25) is 0 Å². The van der Waals surface area contributed by atoms with Crippen molar-refractivity contribution in [2.24, 2.45) is 0 Å². The summed E-state index contributed by atoms with van der Waals surface area (Å²) < 4.78 is 4.90. The monoisotopic (exact) mass is 710 g/mol. The lowest BCUT2D eigenvalue weighted by atomic mass is 9.98. The third-order valence-corrected chi connectivity index (χ3v) is 12.0. The van der Waals surface area contributed by atoms with Crippen LogP contribution in [0.15, 0.2) is 182 Å². The maximum Gasteiger partial charge on any atom is 0.160 e. The predicted octanol–water partition coefficient (Wildman–Crippen LogP) is 13.4. The van der Waals surface area contributed by atoms with Gasteiger partial charge >= 0.3 is 0 Å². The van der Waals surface area contributed by atoms with Crippen LogP contribution in [-0.2, 0) is 0 Å². The van der Waals surface area contributed by atoms with Crippen LogP contribution in [0.1, 0.15) is 0 Å². The molecule has 56 heavy (non-hydrogen) atoms. The lowest BCUT2D eigenvalue weighted by molar-refractivity contribution is 1.18. The van der Waals surface area contributed by atoms with Gasteiger partial charge in [-0.1, -0.05) is 127 Å². The number of aromatic nitrogens is 4. The zero-order chi connectivity index (χ0) is 36.5. The molecule has 0 amide bonds. The lowest BCUT2D eigenvalue weighted by Crippen LogP contribution is -1.95. The summed E-state index contributed by atoms with van der Waals surface area (Å²) in [6, 6.07) is 65.8. The maximum absolute atomic E-state index is 5.25. The van der Waals surface area contributed by atoms with Crippen molar-refractivity contribution in [3.05, 3.63) is 182 Å². The minimum absolute atomic E-state index is 0.718. The number of para-hydroxylation sites is 3. The first kappa shape index (κ1) is 29.8. The molecular weight excluding hydrogens is 681 g/mol. The van der Waals surface area contributed by atoms with Crippen LogP contribution in [0.5, 0.6) is 0 Å². The Morgan fingerprint density at radius 2 is 0.696 bits per heavy atom. The zero-order valence-corrected chi connectivity index (χ0v) is 30.1. The van der Waals surface area contributed by atoms with Crippen LogP contribution < -0.4 is 0 Å². The van der Waals surface area contributed by atoms with Gasteiger partial charge in [-0.05, 0) is 65.7 Å². The number of rotatable bonds is 4. The normalized spacial score (nSPS) is 12.3. The van der Waals surface area contributed by atoms with E-state index in [0.29, 0.717) is 0 Å². The van der Waals surface area contributed by atoms with E-state index in [4.69, 9.17) is 9.97 Å². The number of benzene rings is 8. The van der Waals surface area contributed by atoms with Gasteiger partial charge in [0.05, 0.1) is 44.5 Å². The van der Waals surface area contributed by atoms with Gasteiger partial charge in [0.15, 0.2) is 5.82 Å². The van der Waals surface area contributed by atoms with Gasteiger partial charge in [0.2, 0.25) is 0 Å². The van der Waals surface area contributed by atoms with Crippen molar-refractivity contribution >= 4 is 76.2 Å². The summed E-state index contributed by atoms with van der Waals surface area (Å²) in [4.78, 5) is 10.3. The average Bonchev–Trinajstić information content (AvgIpc) is 4.00. The maximum atomic E-state index is 5.25. The van der Waals surface area contributed by atoms with E-state index < -0.39 is 0 Å². The molecule has 0 aliphatic rings. The fourth-order valence-electron chi connectivity index (χ4n) is 9.51. The van der Waals surface area contributed by atoms with Gasteiger partial charge in [-0.3, -0.25) is 0 Å². The molecule has 258 valence electrons. The Kier molecular flexibility index (Phi) is 5.86. The SMILES string of the molecule is c1ccc(-c2cc(-c3cc4c5ccccc5n5c6ccc(-c7ccc8c(c7)c7cccc9c%10ccccc%10n8c97)cc6c(c3)c45)nc(-c3ccccc3)n2)cc1. The highest BCUT2D eigenvalue weighted by Gasteiger charge is 2.22. The van der Waals surface area contributed by atoms with Crippen LogP contribution >= 0.6 is 0 Å². The van der Waals surface area contributed by atoms with E-state index in [0.717, 1.165) is 33.9 Å². The molecule has 0 fully saturated rings. The standard InChI is InChI=1S/C52H30N4/c1-3-12-31(13-4-1)44-30-45(54-52(53-44)32-14-5-2-6-15-32)35-28-42-37-17-8-10-21-47(37)56-49-25-23-34(27-41(49)43(29-35)51(42)56)33-22-24-48-40(26-33)39-19-11-18-38-36-16-7-9-20-46(36)55(48)50(38)39/h1-30H. The quantitative estimate of drug-likeness (QED) is 0.182. The van der Waals surface area contributed by atoms with Crippen LogP contribution in [-0.4, -0.2) is 18.8 Å². The Morgan fingerprint density at radius 1 is 0.268 bits per heavy atom. The van der Waals surface area contributed by atoms with Crippen LogP contribution in [0.4, 0.5) is 0 Å². The van der Waals surface area contributed by atoms with Crippen molar-refractivity contribution in [1.82, 2.24) is 18.8 Å². The molecule has 0 saturated carbocycles. The van der Waals surface area contributed by atoms with Crippen LogP contribution in [0.3, 0.4) is 0 Å². The molecule has 0 N–H and O–H groups in total. The van der Waals surface area contributed by atoms with Gasteiger partial charge in [-0.15, -0.1) is 0 Å². The molecule has 13 aromatic rings. The molecule has 0 spiro atoms. The van der Waals surface area contributed by atoms with Crippen molar-refractivity contribution in [1.29, 1.82) is 0 Å². The molecule has 13 rings (SSSR count). The summed E-state index contributed by atoms with van der Waals surface area (Å²) in [5, 5.41) is 10.1. The second-order valence-electron chi connectivity index (χ2n) is 15.0. The van der Waals surface area contributed by atoms with Crippen LogP contribution in [0, 0.1) is 0 Å². The predicted molar refractivity (Wildman–Crippen MR) is 233 cm³/mol. The minimum atomic E-state index is 0.718. The largest absolute Gasteiger partial charge is 0.308 e. The topological polar surface area (TPSA) is 34.6 Å². The van der Waals surface area contributed by atoms with Gasteiger partial charge in [-0.2, -0.15) is 0 Å². The van der Waals surface area contributed by atoms with E-state index in [1.807, 2.05) is 24.3 Å². The number of hydrogen-bond acceptors (Lipinski definition) is 2. The lowest BCUT2D eigenvalue weighted by Gasteiger charge is -2.10. The first-order chi connectivity index (χ1) is 27.8. The van der Waals surface area contributed by atoms with Crippen molar-refractivity contribution in [3.63, 3.8) is 0 Å². The molecule has 0 unspecified atom stereocenters. The van der Waals surface area contributed by atoms with Gasteiger partial charge in [0.25, 0.3) is 0 Å². The molecule has 5 aromatic heterocycles. The number of fused-ring (bicyclic) bond motifs is 12. The first-order valence-electron chi connectivity index (χ1n) is 19.2. The van der Waals surface area contributed by atoms with Crippen molar-refractivity contribution in [3.8, 4) is 45.0 Å². The fourth-order valence-corrected chi connectivity index (χ4v) is 9.51. The van der Waals surface area contributed by atoms with E-state index in [2.05, 4.69) is 167 Å². The van der Waals surface area contributed by atoms with Gasteiger partial charge in [-0.25, -0.2) is 9.97 Å². The molecule has 5 heterocycles. The molecule has 0 bridgehead atoms. The Morgan fingerprint density at radius 3 is 1.34 bits per heavy atom. The summed E-state index contributed by atoms with van der Waals surface area (Å²) in [5.74, 6) is 0.718. The first-order valence-corrected chi connectivity index (χ1v) is 19.2. The van der Waals surface area contributed by atoms with Crippen LogP contribution in [0.25, 0.3) is 121 Å². The molecule has 4 heteroatoms. The second kappa shape index (κ2) is 11.0. The van der Waals surface area contributed by atoms with Crippen molar-refractivity contribution in [2.75, 3.05) is 0 Å². The van der Waals surface area contributed by atoms with E-state index in [1.54, 1.807) is 0 Å². The van der Waals surface area contributed by atoms with E-state index >= 15 is 0 Å². The number of hydrogen-bond donors (Lipinski definition) is 0. The molecule has 0 aliphatic heterocycles. The second-order valence-corrected chi connectivity index (χ2v) is 15.0. The zero-order valence-electron chi connectivity index (χ0n) is 30.1. The fraction of sp³-hybridized carbons (Fsp3) is 0. The molecule has 0 radical (unpaired) electrons. The van der Waals surface area contributed by atoms with Crippen molar-refractivity contribution < 1.29 is 0 Å². The molecule has 0 saturated heterocycles. The highest BCUT2D eigenvalue weighted by atomic mass is 14.9. The molecule has 4 nitrogen and oxygen atoms in total. The Bertz CT molecular complexity index is 3630. The third kappa shape index (κ3) is 4.02. The number of nitrogens with zero attached hydrogens (tertiary/aromatic N) is 4. The molecular formula is C52H30N4. The van der Waals surface area contributed by atoms with Crippen molar-refractivity contribution in [2.45, 2.75) is 0 Å². The third-order valence-electron chi connectivity index (χ3n) is 12.0. The smallest absolute Gasteiger partial charge is 0.160 e. The minimum Gasteiger partial charge on any atom is -0.308 e. The molecule has 0 atom stereocenters. The summed E-state index contributed by atoms with van der Waals surface area (Å²) in [6.07, 6.45) is 0. The Hall–Kier alpha value is -7.56. The Balaban J connectivity index is 1.06. The molecule has 0 aliphatic carbocycles. The summed E-state index contributed by atoms with van der Waals surface area (Å²) in [5.41, 5.74) is 14.8.